The molecule has 0 aromatic carbocycles. The number of carbonyl (C=O) groups excluding carboxylic acids is 1. The number of nitrogens with two attached hydrogens (primary N) is 1. The topological polar surface area (TPSA) is 46.3 Å². The predicted octanol–water partition coefficient (Wildman–Crippen LogP) is 2.38. The summed E-state index contributed by atoms with van der Waals surface area (Å²) in [4.78, 5) is 14.3. The first-order valence-electron chi connectivity index (χ1n) is 7.08. The maximum atomic E-state index is 12.3. The molecular weight excluding hydrogens is 292 g/mol. The molecule has 18 heavy (non-hydrogen) atoms. The Morgan fingerprint density at radius 1 is 1.50 bits per heavy atom. The quantitative estimate of drug-likeness (QED) is 0.813. The third-order valence-electron chi connectivity index (χ3n) is 4.78. The summed E-state index contributed by atoms with van der Waals surface area (Å²) in [6.45, 7) is 5.89. The Hall–Kier alpha value is -0.0900. The average Bonchev–Trinajstić information content (AvgIpc) is 2.95. The van der Waals surface area contributed by atoms with Gasteiger partial charge in [-0.1, -0.05) is 29.8 Å². The van der Waals surface area contributed by atoms with Crippen LogP contribution in [0.2, 0.25) is 0 Å². The molecule has 2 rings (SSSR count). The molecule has 4 heteroatoms. The van der Waals surface area contributed by atoms with E-state index in [0.717, 1.165) is 24.3 Å². The van der Waals surface area contributed by atoms with Gasteiger partial charge in [0.15, 0.2) is 0 Å². The molecule has 0 aromatic rings. The van der Waals surface area contributed by atoms with Crippen LogP contribution in [-0.2, 0) is 4.79 Å². The molecule has 1 spiro atoms. The Morgan fingerprint density at radius 3 is 2.78 bits per heavy atom. The second-order valence-corrected chi connectivity index (χ2v) is 7.19. The van der Waals surface area contributed by atoms with Crippen LogP contribution in [0.5, 0.6) is 0 Å². The zero-order valence-electron chi connectivity index (χ0n) is 11.5. The van der Waals surface area contributed by atoms with Crippen molar-refractivity contribution in [3.8, 4) is 0 Å². The van der Waals surface area contributed by atoms with Gasteiger partial charge >= 0.3 is 0 Å². The predicted molar refractivity (Wildman–Crippen MR) is 77.6 cm³/mol. The zero-order chi connectivity index (χ0) is 13.3. The van der Waals surface area contributed by atoms with Gasteiger partial charge in [0, 0.05) is 18.4 Å². The van der Waals surface area contributed by atoms with Crippen molar-refractivity contribution in [2.24, 2.45) is 23.0 Å². The molecule has 1 saturated heterocycles. The molecule has 1 amide bonds. The van der Waals surface area contributed by atoms with E-state index in [1.54, 1.807) is 0 Å². The molecule has 2 N–H and O–H groups in total. The summed E-state index contributed by atoms with van der Waals surface area (Å²) in [7, 11) is 0. The number of amides is 1. The number of likely N-dealkylation sites (tertiary alicyclic amines) is 1. The molecule has 104 valence electrons. The van der Waals surface area contributed by atoms with Gasteiger partial charge in [-0.15, -0.1) is 0 Å². The lowest BCUT2D eigenvalue weighted by Crippen LogP contribution is -2.46. The summed E-state index contributed by atoms with van der Waals surface area (Å²) in [6, 6.07) is -0.325. The van der Waals surface area contributed by atoms with Crippen LogP contribution in [0.25, 0.3) is 0 Å². The van der Waals surface area contributed by atoms with Crippen LogP contribution in [0.1, 0.15) is 39.5 Å². The largest absolute Gasteiger partial charge is 0.341 e. The van der Waals surface area contributed by atoms with Crippen LogP contribution in [0, 0.1) is 17.3 Å². The molecule has 3 atom stereocenters. The van der Waals surface area contributed by atoms with Gasteiger partial charge in [0.25, 0.3) is 0 Å². The van der Waals surface area contributed by atoms with Gasteiger partial charge in [-0.25, -0.2) is 0 Å². The van der Waals surface area contributed by atoms with Crippen molar-refractivity contribution in [1.29, 1.82) is 0 Å². The Labute approximate surface area is 119 Å². The number of hydrogen-bond acceptors (Lipinski definition) is 2. The smallest absolute Gasteiger partial charge is 0.239 e. The van der Waals surface area contributed by atoms with E-state index in [0.29, 0.717) is 5.41 Å². The summed E-state index contributed by atoms with van der Waals surface area (Å²) in [5.41, 5.74) is 6.39. The Morgan fingerprint density at radius 2 is 2.22 bits per heavy atom. The first kappa shape index (κ1) is 14.3. The molecule has 0 aromatic heterocycles. The highest BCUT2D eigenvalue weighted by Gasteiger charge is 2.45. The van der Waals surface area contributed by atoms with Gasteiger partial charge in [0.2, 0.25) is 5.91 Å². The monoisotopic (exact) mass is 316 g/mol. The molecule has 0 radical (unpaired) electrons. The van der Waals surface area contributed by atoms with Crippen LogP contribution in [0.15, 0.2) is 0 Å². The number of nitrogens with zero attached hydrogens (tertiary/aromatic N) is 1. The lowest BCUT2D eigenvalue weighted by molar-refractivity contribution is -0.132. The van der Waals surface area contributed by atoms with E-state index in [2.05, 4.69) is 15.9 Å². The second kappa shape index (κ2) is 5.49. The molecule has 2 fully saturated rings. The van der Waals surface area contributed by atoms with Gasteiger partial charge in [0.05, 0.1) is 6.04 Å². The van der Waals surface area contributed by atoms with E-state index in [4.69, 9.17) is 5.73 Å². The lowest BCUT2D eigenvalue weighted by Gasteiger charge is -2.26. The molecule has 2 aliphatic rings. The zero-order valence-corrected chi connectivity index (χ0v) is 13.1. The van der Waals surface area contributed by atoms with E-state index in [1.807, 2.05) is 18.7 Å². The fraction of sp³-hybridized carbons (Fsp3) is 0.929. The maximum Gasteiger partial charge on any atom is 0.239 e. The molecule has 3 nitrogen and oxygen atoms in total. The number of hydrogen-bond donors (Lipinski definition) is 1. The fourth-order valence-electron chi connectivity index (χ4n) is 3.45. The number of alkyl halides is 1. The average molecular weight is 317 g/mol. The van der Waals surface area contributed by atoms with Crippen LogP contribution >= 0.6 is 15.9 Å². The van der Waals surface area contributed by atoms with E-state index < -0.39 is 0 Å². The number of carbonyl (C=O) groups is 1. The molecule has 0 unspecified atom stereocenters. The standard InChI is InChI=1S/C14H25BrN2O/c1-10(2)12(16)13(18)17-6-5-14(9-17)4-3-11(7-14)8-15/h10-12H,3-9,16H2,1-2H3/t11-,12-,14-/m1/s1. The van der Waals surface area contributed by atoms with Gasteiger partial charge in [0.1, 0.15) is 0 Å². The Kier molecular flexibility index (Phi) is 4.37. The third kappa shape index (κ3) is 2.74. The van der Waals surface area contributed by atoms with Crippen molar-refractivity contribution >= 4 is 21.8 Å². The normalized spacial score (nSPS) is 33.6. The van der Waals surface area contributed by atoms with Crippen molar-refractivity contribution in [3.63, 3.8) is 0 Å². The van der Waals surface area contributed by atoms with Gasteiger partial charge in [-0.3, -0.25) is 4.79 Å². The van der Waals surface area contributed by atoms with Crippen LogP contribution < -0.4 is 5.73 Å². The van der Waals surface area contributed by atoms with Crippen molar-refractivity contribution in [1.82, 2.24) is 4.90 Å². The van der Waals surface area contributed by atoms with Crippen molar-refractivity contribution in [2.75, 3.05) is 18.4 Å². The molecule has 1 heterocycles. The molecule has 0 bridgehead atoms. The van der Waals surface area contributed by atoms with Crippen molar-refractivity contribution in [2.45, 2.75) is 45.6 Å². The summed E-state index contributed by atoms with van der Waals surface area (Å²) in [5, 5.41) is 1.11. The second-order valence-electron chi connectivity index (χ2n) is 6.54. The van der Waals surface area contributed by atoms with E-state index in [-0.39, 0.29) is 17.9 Å². The Balaban J connectivity index is 1.94. The van der Waals surface area contributed by atoms with Crippen LogP contribution in [0.4, 0.5) is 0 Å². The van der Waals surface area contributed by atoms with E-state index in [1.165, 1.54) is 25.7 Å². The third-order valence-corrected chi connectivity index (χ3v) is 5.69. The maximum absolute atomic E-state index is 12.3. The number of rotatable bonds is 3. The summed E-state index contributed by atoms with van der Waals surface area (Å²) < 4.78 is 0. The van der Waals surface area contributed by atoms with Crippen LogP contribution in [-0.4, -0.2) is 35.3 Å². The summed E-state index contributed by atoms with van der Waals surface area (Å²) in [5.74, 6) is 1.19. The first-order chi connectivity index (χ1) is 8.47. The highest BCUT2D eigenvalue weighted by molar-refractivity contribution is 9.09. The Bertz CT molecular complexity index is 321. The van der Waals surface area contributed by atoms with Crippen LogP contribution in [0.3, 0.4) is 0 Å². The summed E-state index contributed by atoms with van der Waals surface area (Å²) in [6.07, 6.45) is 5.04. The van der Waals surface area contributed by atoms with Crippen molar-refractivity contribution < 1.29 is 4.79 Å². The highest BCUT2D eigenvalue weighted by Crippen LogP contribution is 2.48. The molecule has 1 aliphatic carbocycles. The van der Waals surface area contributed by atoms with Crippen molar-refractivity contribution in [3.05, 3.63) is 0 Å². The highest BCUT2D eigenvalue weighted by atomic mass is 79.9. The number of halogens is 1. The fourth-order valence-corrected chi connectivity index (χ4v) is 4.00. The first-order valence-corrected chi connectivity index (χ1v) is 8.20. The van der Waals surface area contributed by atoms with Gasteiger partial charge in [-0.05, 0) is 42.9 Å². The molecule has 1 aliphatic heterocycles. The van der Waals surface area contributed by atoms with Gasteiger partial charge in [-0.2, -0.15) is 0 Å². The molecule has 1 saturated carbocycles. The lowest BCUT2D eigenvalue weighted by atomic mass is 9.85. The minimum atomic E-state index is -0.325. The van der Waals surface area contributed by atoms with E-state index in [9.17, 15) is 4.79 Å². The molecular formula is C14H25BrN2O. The minimum absolute atomic E-state index is 0.157. The summed E-state index contributed by atoms with van der Waals surface area (Å²) >= 11 is 3.59. The van der Waals surface area contributed by atoms with Gasteiger partial charge < -0.3 is 10.6 Å². The van der Waals surface area contributed by atoms with E-state index >= 15 is 0 Å². The SMILES string of the molecule is CC(C)[C@@H](N)C(=O)N1CC[C@@]2(CC[C@@H](CBr)C2)C1. The minimum Gasteiger partial charge on any atom is -0.341 e.